The number of carbonyl (C=O) groups excluding carboxylic acids is 1. The molecule has 0 saturated heterocycles. The fourth-order valence-electron chi connectivity index (χ4n) is 2.14. The van der Waals surface area contributed by atoms with Crippen molar-refractivity contribution >= 4 is 11.6 Å². The summed E-state index contributed by atoms with van der Waals surface area (Å²) in [5, 5.41) is 3.04. The average molecular weight is 282 g/mol. The molecule has 2 aromatic rings. The van der Waals surface area contributed by atoms with Crippen molar-refractivity contribution in [3.63, 3.8) is 0 Å². The number of rotatable bonds is 4. The van der Waals surface area contributed by atoms with Gasteiger partial charge in [-0.3, -0.25) is 4.79 Å². The highest BCUT2D eigenvalue weighted by atomic mass is 16.1. The van der Waals surface area contributed by atoms with Gasteiger partial charge in [-0.2, -0.15) is 0 Å². The SMILES string of the molecule is Cc1ccc(C(C)NC(=O)c2cccc(N(C)C)c2)cc1. The van der Waals surface area contributed by atoms with E-state index in [1.807, 2.05) is 50.2 Å². The van der Waals surface area contributed by atoms with Gasteiger partial charge in [0.1, 0.15) is 0 Å². The van der Waals surface area contributed by atoms with E-state index >= 15 is 0 Å². The molecular formula is C18H22N2O. The van der Waals surface area contributed by atoms with Crippen molar-refractivity contribution in [3.8, 4) is 0 Å². The molecule has 0 saturated carbocycles. The van der Waals surface area contributed by atoms with Crippen LogP contribution < -0.4 is 10.2 Å². The molecule has 0 aliphatic heterocycles. The first-order valence-electron chi connectivity index (χ1n) is 7.12. The zero-order chi connectivity index (χ0) is 15.4. The van der Waals surface area contributed by atoms with Gasteiger partial charge in [0, 0.05) is 25.3 Å². The van der Waals surface area contributed by atoms with Crippen LogP contribution in [0.3, 0.4) is 0 Å². The van der Waals surface area contributed by atoms with Crippen molar-refractivity contribution in [1.82, 2.24) is 5.32 Å². The van der Waals surface area contributed by atoms with E-state index in [0.717, 1.165) is 11.3 Å². The van der Waals surface area contributed by atoms with Gasteiger partial charge in [0.2, 0.25) is 0 Å². The molecule has 0 aliphatic rings. The Balaban J connectivity index is 2.10. The highest BCUT2D eigenvalue weighted by Crippen LogP contribution is 2.16. The van der Waals surface area contributed by atoms with Crippen LogP contribution >= 0.6 is 0 Å². The Morgan fingerprint density at radius 1 is 1.10 bits per heavy atom. The topological polar surface area (TPSA) is 32.3 Å². The molecule has 1 amide bonds. The van der Waals surface area contributed by atoms with Crippen LogP contribution in [0, 0.1) is 6.92 Å². The average Bonchev–Trinajstić information content (AvgIpc) is 2.48. The normalized spacial score (nSPS) is 11.8. The monoisotopic (exact) mass is 282 g/mol. The molecule has 2 aromatic carbocycles. The van der Waals surface area contributed by atoms with Crippen LogP contribution in [0.4, 0.5) is 5.69 Å². The minimum Gasteiger partial charge on any atom is -0.378 e. The highest BCUT2D eigenvalue weighted by Gasteiger charge is 2.12. The molecule has 1 unspecified atom stereocenters. The number of nitrogens with one attached hydrogen (secondary N) is 1. The third-order valence-electron chi connectivity index (χ3n) is 3.55. The molecule has 0 spiro atoms. The Bertz CT molecular complexity index is 617. The van der Waals surface area contributed by atoms with Crippen LogP contribution in [0.5, 0.6) is 0 Å². The second-order valence-electron chi connectivity index (χ2n) is 5.55. The largest absolute Gasteiger partial charge is 0.378 e. The lowest BCUT2D eigenvalue weighted by atomic mass is 10.1. The van der Waals surface area contributed by atoms with Crippen molar-refractivity contribution in [2.75, 3.05) is 19.0 Å². The fourth-order valence-corrected chi connectivity index (χ4v) is 2.14. The van der Waals surface area contributed by atoms with E-state index in [-0.39, 0.29) is 11.9 Å². The number of benzene rings is 2. The van der Waals surface area contributed by atoms with Gasteiger partial charge in [-0.05, 0) is 37.6 Å². The highest BCUT2D eigenvalue weighted by molar-refractivity contribution is 5.95. The van der Waals surface area contributed by atoms with Crippen LogP contribution in [0.25, 0.3) is 0 Å². The summed E-state index contributed by atoms with van der Waals surface area (Å²) in [5.41, 5.74) is 4.03. The van der Waals surface area contributed by atoms with Gasteiger partial charge in [-0.25, -0.2) is 0 Å². The first-order chi connectivity index (χ1) is 9.97. The quantitative estimate of drug-likeness (QED) is 0.930. The minimum absolute atomic E-state index is 0.0129. The molecule has 0 aromatic heterocycles. The van der Waals surface area contributed by atoms with E-state index in [0.29, 0.717) is 5.56 Å². The van der Waals surface area contributed by atoms with Gasteiger partial charge in [0.25, 0.3) is 5.91 Å². The molecule has 0 radical (unpaired) electrons. The van der Waals surface area contributed by atoms with Crippen molar-refractivity contribution < 1.29 is 4.79 Å². The maximum atomic E-state index is 12.3. The number of anilines is 1. The van der Waals surface area contributed by atoms with Crippen LogP contribution in [-0.2, 0) is 0 Å². The van der Waals surface area contributed by atoms with Gasteiger partial charge in [-0.15, -0.1) is 0 Å². The second-order valence-corrected chi connectivity index (χ2v) is 5.55. The van der Waals surface area contributed by atoms with Crippen molar-refractivity contribution in [3.05, 3.63) is 65.2 Å². The first kappa shape index (κ1) is 15.1. The van der Waals surface area contributed by atoms with Crippen molar-refractivity contribution in [1.29, 1.82) is 0 Å². The number of carbonyl (C=O) groups is 1. The summed E-state index contributed by atoms with van der Waals surface area (Å²) in [7, 11) is 3.93. The van der Waals surface area contributed by atoms with Crippen LogP contribution in [0.15, 0.2) is 48.5 Å². The molecule has 21 heavy (non-hydrogen) atoms. The van der Waals surface area contributed by atoms with E-state index in [1.54, 1.807) is 0 Å². The molecule has 110 valence electrons. The van der Waals surface area contributed by atoms with Crippen LogP contribution in [-0.4, -0.2) is 20.0 Å². The second kappa shape index (κ2) is 6.44. The predicted octanol–water partition coefficient (Wildman–Crippen LogP) is 3.55. The Labute approximate surface area is 126 Å². The van der Waals surface area contributed by atoms with Gasteiger partial charge >= 0.3 is 0 Å². The summed E-state index contributed by atoms with van der Waals surface area (Å²) >= 11 is 0. The minimum atomic E-state index is -0.0493. The Morgan fingerprint density at radius 3 is 2.38 bits per heavy atom. The maximum absolute atomic E-state index is 12.3. The number of amides is 1. The summed E-state index contributed by atoms with van der Waals surface area (Å²) in [4.78, 5) is 14.3. The van der Waals surface area contributed by atoms with Gasteiger partial charge in [0.15, 0.2) is 0 Å². The molecule has 3 nitrogen and oxygen atoms in total. The zero-order valence-corrected chi connectivity index (χ0v) is 13.1. The van der Waals surface area contributed by atoms with Gasteiger partial charge in [0.05, 0.1) is 6.04 Å². The number of hydrogen-bond acceptors (Lipinski definition) is 2. The summed E-state index contributed by atoms with van der Waals surface area (Å²) < 4.78 is 0. The number of aryl methyl sites for hydroxylation is 1. The van der Waals surface area contributed by atoms with E-state index in [4.69, 9.17) is 0 Å². The Morgan fingerprint density at radius 2 is 1.76 bits per heavy atom. The van der Waals surface area contributed by atoms with E-state index in [1.165, 1.54) is 5.56 Å². The first-order valence-corrected chi connectivity index (χ1v) is 7.12. The molecule has 3 heteroatoms. The van der Waals surface area contributed by atoms with Crippen LogP contribution in [0.2, 0.25) is 0 Å². The number of hydrogen-bond donors (Lipinski definition) is 1. The zero-order valence-electron chi connectivity index (χ0n) is 13.1. The van der Waals surface area contributed by atoms with Crippen molar-refractivity contribution in [2.45, 2.75) is 19.9 Å². The molecule has 0 bridgehead atoms. The molecular weight excluding hydrogens is 260 g/mol. The standard InChI is InChI=1S/C18H22N2O/c1-13-8-10-15(11-9-13)14(2)19-18(21)16-6-5-7-17(12-16)20(3)4/h5-12,14H,1-4H3,(H,19,21). The fraction of sp³-hybridized carbons (Fsp3) is 0.278. The third-order valence-corrected chi connectivity index (χ3v) is 3.55. The molecule has 1 atom stereocenters. The Kier molecular flexibility index (Phi) is 4.63. The van der Waals surface area contributed by atoms with Gasteiger partial charge in [-0.1, -0.05) is 35.9 Å². The smallest absolute Gasteiger partial charge is 0.251 e. The lowest BCUT2D eigenvalue weighted by Gasteiger charge is -2.16. The van der Waals surface area contributed by atoms with Crippen LogP contribution in [0.1, 0.15) is 34.5 Å². The van der Waals surface area contributed by atoms with E-state index in [2.05, 4.69) is 36.5 Å². The summed E-state index contributed by atoms with van der Waals surface area (Å²) in [6, 6.07) is 15.8. The molecule has 2 rings (SSSR count). The van der Waals surface area contributed by atoms with Crippen molar-refractivity contribution in [2.24, 2.45) is 0 Å². The van der Waals surface area contributed by atoms with Gasteiger partial charge < -0.3 is 10.2 Å². The lowest BCUT2D eigenvalue weighted by Crippen LogP contribution is -2.26. The molecule has 1 N–H and O–H groups in total. The number of nitrogens with zero attached hydrogens (tertiary/aromatic N) is 1. The Hall–Kier alpha value is -2.29. The molecule has 0 aliphatic carbocycles. The molecule has 0 heterocycles. The van der Waals surface area contributed by atoms with E-state index in [9.17, 15) is 4.79 Å². The lowest BCUT2D eigenvalue weighted by molar-refractivity contribution is 0.0940. The summed E-state index contributed by atoms with van der Waals surface area (Å²) in [6.45, 7) is 4.05. The summed E-state index contributed by atoms with van der Waals surface area (Å²) in [5.74, 6) is -0.0493. The summed E-state index contributed by atoms with van der Waals surface area (Å²) in [6.07, 6.45) is 0. The third kappa shape index (κ3) is 3.85. The molecule has 0 fully saturated rings. The van der Waals surface area contributed by atoms with E-state index < -0.39 is 0 Å². The predicted molar refractivity (Wildman–Crippen MR) is 87.8 cm³/mol. The maximum Gasteiger partial charge on any atom is 0.251 e.